The Morgan fingerprint density at radius 1 is 1.21 bits per heavy atom. The van der Waals surface area contributed by atoms with Crippen molar-refractivity contribution >= 4 is 21.0 Å². The number of hydrogen-bond acceptors (Lipinski definition) is 8. The average Bonchev–Trinajstić information content (AvgIpc) is 3.29. The van der Waals surface area contributed by atoms with E-state index in [1.165, 1.54) is 19.8 Å². The summed E-state index contributed by atoms with van der Waals surface area (Å²) in [5.74, 6) is 0.813. The molecular weight excluding hydrogens is 332 g/mol. The number of nitrogens with zero attached hydrogens (tertiary/aromatic N) is 5. The van der Waals surface area contributed by atoms with Gasteiger partial charge in [0, 0.05) is 12.2 Å². The Labute approximate surface area is 137 Å². The Morgan fingerprint density at radius 2 is 2.00 bits per heavy atom. The van der Waals surface area contributed by atoms with Gasteiger partial charge in [-0.05, 0) is 12.8 Å². The lowest BCUT2D eigenvalue weighted by Gasteiger charge is -2.11. The summed E-state index contributed by atoms with van der Waals surface area (Å²) in [6.07, 6.45) is 5.94. The number of H-pyrrole nitrogens is 1. The third kappa shape index (κ3) is 2.39. The van der Waals surface area contributed by atoms with E-state index in [0.717, 1.165) is 24.8 Å². The number of imidazole rings is 1. The molecule has 0 radical (unpaired) electrons. The van der Waals surface area contributed by atoms with Crippen LogP contribution in [-0.4, -0.2) is 51.7 Å². The number of ether oxygens (including phenoxy) is 1. The van der Waals surface area contributed by atoms with Gasteiger partial charge in [0.2, 0.25) is 5.88 Å². The third-order valence-electron chi connectivity index (χ3n) is 3.83. The van der Waals surface area contributed by atoms with Gasteiger partial charge >= 0.3 is 0 Å². The minimum absolute atomic E-state index is 0.104. The van der Waals surface area contributed by atoms with Crippen LogP contribution in [0.5, 0.6) is 5.88 Å². The molecule has 0 aromatic carbocycles. The Morgan fingerprint density at radius 3 is 2.67 bits per heavy atom. The van der Waals surface area contributed by atoms with Crippen molar-refractivity contribution in [1.29, 1.82) is 0 Å². The van der Waals surface area contributed by atoms with Crippen LogP contribution >= 0.6 is 0 Å². The maximum absolute atomic E-state index is 12.1. The van der Waals surface area contributed by atoms with Crippen LogP contribution in [0.15, 0.2) is 17.7 Å². The Kier molecular flexibility index (Phi) is 3.23. The molecule has 1 aliphatic rings. The molecule has 0 aliphatic heterocycles. The van der Waals surface area contributed by atoms with Gasteiger partial charge in [0.25, 0.3) is 0 Å². The molecule has 0 saturated heterocycles. The van der Waals surface area contributed by atoms with Crippen LogP contribution in [0.4, 0.5) is 0 Å². The smallest absolute Gasteiger partial charge is 0.227 e. The number of fused-ring (bicyclic) bond motifs is 1. The molecule has 0 atom stereocenters. The highest BCUT2D eigenvalue weighted by atomic mass is 32.2. The number of methoxy groups -OCH3 is 1. The number of aromatic nitrogens is 6. The monoisotopic (exact) mass is 346 g/mol. The first-order valence-corrected chi connectivity index (χ1v) is 9.18. The van der Waals surface area contributed by atoms with E-state index in [0.29, 0.717) is 11.4 Å². The molecule has 4 rings (SSSR count). The molecule has 1 N–H and O–H groups in total. The molecule has 0 spiro atoms. The van der Waals surface area contributed by atoms with E-state index < -0.39 is 9.84 Å². The lowest BCUT2D eigenvalue weighted by atomic mass is 10.1. The van der Waals surface area contributed by atoms with Crippen molar-refractivity contribution in [2.75, 3.05) is 13.4 Å². The van der Waals surface area contributed by atoms with Crippen molar-refractivity contribution in [3.05, 3.63) is 18.3 Å². The second kappa shape index (κ2) is 5.20. The fourth-order valence-corrected chi connectivity index (χ4v) is 3.37. The van der Waals surface area contributed by atoms with Crippen molar-refractivity contribution in [3.8, 4) is 17.3 Å². The van der Waals surface area contributed by atoms with Crippen molar-refractivity contribution in [3.63, 3.8) is 0 Å². The molecule has 1 aliphatic carbocycles. The van der Waals surface area contributed by atoms with Crippen LogP contribution in [0.25, 0.3) is 22.6 Å². The van der Waals surface area contributed by atoms with E-state index in [1.54, 1.807) is 0 Å². The molecular formula is C14H14N6O3S. The Hall–Kier alpha value is -2.62. The Bertz CT molecular complexity index is 1040. The molecule has 0 amide bonds. The minimum Gasteiger partial charge on any atom is -0.480 e. The van der Waals surface area contributed by atoms with Crippen molar-refractivity contribution < 1.29 is 13.2 Å². The summed E-state index contributed by atoms with van der Waals surface area (Å²) in [6.45, 7) is 0. The van der Waals surface area contributed by atoms with E-state index in [2.05, 4.69) is 29.9 Å². The first-order chi connectivity index (χ1) is 11.5. The first kappa shape index (κ1) is 14.9. The van der Waals surface area contributed by atoms with Crippen LogP contribution in [-0.2, 0) is 9.84 Å². The first-order valence-electron chi connectivity index (χ1n) is 7.29. The van der Waals surface area contributed by atoms with Crippen molar-refractivity contribution in [2.45, 2.75) is 23.8 Å². The maximum Gasteiger partial charge on any atom is 0.227 e. The number of rotatable bonds is 4. The van der Waals surface area contributed by atoms with E-state index in [4.69, 9.17) is 4.74 Å². The van der Waals surface area contributed by atoms with Gasteiger partial charge in [-0.1, -0.05) is 0 Å². The highest BCUT2D eigenvalue weighted by molar-refractivity contribution is 7.90. The van der Waals surface area contributed by atoms with E-state index in [-0.39, 0.29) is 27.9 Å². The third-order valence-corrected chi connectivity index (χ3v) is 4.82. The van der Waals surface area contributed by atoms with E-state index >= 15 is 0 Å². The van der Waals surface area contributed by atoms with Gasteiger partial charge in [0.05, 0.1) is 19.1 Å². The summed E-state index contributed by atoms with van der Waals surface area (Å²) in [4.78, 5) is 23.9. The van der Waals surface area contributed by atoms with Crippen molar-refractivity contribution in [1.82, 2.24) is 29.9 Å². The fourth-order valence-electron chi connectivity index (χ4n) is 2.60. The SMILES string of the molecule is COc1ncnc(C2CC2)c1-c1nc(S(C)(=O)=O)c2[nH]cnc2n1. The number of sulfone groups is 1. The molecule has 1 fully saturated rings. The predicted molar refractivity (Wildman–Crippen MR) is 84.3 cm³/mol. The molecule has 3 aromatic heterocycles. The van der Waals surface area contributed by atoms with Gasteiger partial charge in [0.1, 0.15) is 17.4 Å². The summed E-state index contributed by atoms with van der Waals surface area (Å²) >= 11 is 0. The van der Waals surface area contributed by atoms with Gasteiger partial charge in [-0.2, -0.15) is 0 Å². The molecule has 3 heterocycles. The summed E-state index contributed by atoms with van der Waals surface area (Å²) in [6, 6.07) is 0. The minimum atomic E-state index is -3.57. The number of aromatic amines is 1. The summed E-state index contributed by atoms with van der Waals surface area (Å²) in [5, 5.41) is -0.104. The lowest BCUT2D eigenvalue weighted by Crippen LogP contribution is -2.07. The molecule has 0 bridgehead atoms. The van der Waals surface area contributed by atoms with Crippen LogP contribution in [0.1, 0.15) is 24.5 Å². The molecule has 3 aromatic rings. The van der Waals surface area contributed by atoms with Gasteiger partial charge in [-0.15, -0.1) is 0 Å². The van der Waals surface area contributed by atoms with Gasteiger partial charge in [-0.25, -0.2) is 33.3 Å². The topological polar surface area (TPSA) is 124 Å². The lowest BCUT2D eigenvalue weighted by molar-refractivity contribution is 0.397. The standard InChI is InChI=1S/C14H14N6O3S/c1-23-13-8(9(7-3-4-7)15-6-18-13)11-19-12-10(16-5-17-12)14(20-11)24(2,21)22/h5-7H,3-4H2,1-2H3,(H,16,17,19,20). The number of nitrogens with one attached hydrogen (secondary N) is 1. The zero-order valence-electron chi connectivity index (χ0n) is 13.0. The molecule has 10 heteroatoms. The van der Waals surface area contributed by atoms with Crippen LogP contribution in [0, 0.1) is 0 Å². The second-order valence-electron chi connectivity index (χ2n) is 5.64. The van der Waals surface area contributed by atoms with Gasteiger partial charge in [-0.3, -0.25) is 0 Å². The van der Waals surface area contributed by atoms with E-state index in [1.807, 2.05) is 0 Å². The van der Waals surface area contributed by atoms with Crippen LogP contribution in [0.2, 0.25) is 0 Å². The molecule has 0 unspecified atom stereocenters. The summed E-state index contributed by atoms with van der Waals surface area (Å²) in [5.41, 5.74) is 1.85. The van der Waals surface area contributed by atoms with Crippen LogP contribution < -0.4 is 4.74 Å². The predicted octanol–water partition coefficient (Wildman–Crippen LogP) is 1.10. The zero-order chi connectivity index (χ0) is 16.9. The second-order valence-corrected chi connectivity index (χ2v) is 7.57. The molecule has 124 valence electrons. The highest BCUT2D eigenvalue weighted by Crippen LogP contribution is 2.45. The maximum atomic E-state index is 12.1. The van der Waals surface area contributed by atoms with Crippen LogP contribution in [0.3, 0.4) is 0 Å². The van der Waals surface area contributed by atoms with E-state index in [9.17, 15) is 8.42 Å². The Balaban J connectivity index is 2.04. The summed E-state index contributed by atoms with van der Waals surface area (Å²) < 4.78 is 29.6. The summed E-state index contributed by atoms with van der Waals surface area (Å²) in [7, 11) is -2.08. The number of hydrogen-bond donors (Lipinski definition) is 1. The largest absolute Gasteiger partial charge is 0.480 e. The molecule has 1 saturated carbocycles. The highest BCUT2D eigenvalue weighted by Gasteiger charge is 2.32. The van der Waals surface area contributed by atoms with Gasteiger partial charge in [0.15, 0.2) is 26.3 Å². The van der Waals surface area contributed by atoms with Crippen molar-refractivity contribution in [2.24, 2.45) is 0 Å². The van der Waals surface area contributed by atoms with Gasteiger partial charge < -0.3 is 9.72 Å². The normalized spacial score (nSPS) is 14.9. The quantitative estimate of drug-likeness (QED) is 0.696. The fraction of sp³-hybridized carbons (Fsp3) is 0.357. The molecule has 24 heavy (non-hydrogen) atoms. The molecule has 9 nitrogen and oxygen atoms in total. The zero-order valence-corrected chi connectivity index (χ0v) is 13.8. The average molecular weight is 346 g/mol.